The summed E-state index contributed by atoms with van der Waals surface area (Å²) in [4.78, 5) is 32.6. The fourth-order valence-corrected chi connectivity index (χ4v) is 3.54. The number of thiazole rings is 1. The number of nitrogens with zero attached hydrogens (tertiary/aromatic N) is 3. The smallest absolute Gasteiger partial charge is 0.273 e. The lowest BCUT2D eigenvalue weighted by Gasteiger charge is -2.23. The topological polar surface area (TPSA) is 65.5 Å². The zero-order valence-electron chi connectivity index (χ0n) is 14.3. The molecule has 1 aliphatic rings. The summed E-state index contributed by atoms with van der Waals surface area (Å²) in [5.74, 6) is -2.59. The summed E-state index contributed by atoms with van der Waals surface area (Å²) in [6, 6.07) is 2.68. The largest absolute Gasteiger partial charge is 0.336 e. The van der Waals surface area contributed by atoms with E-state index in [2.05, 4.69) is 15.2 Å². The minimum Gasteiger partial charge on any atom is -0.336 e. The van der Waals surface area contributed by atoms with Crippen molar-refractivity contribution in [3.8, 4) is 0 Å². The molecule has 1 unspecified atom stereocenters. The van der Waals surface area contributed by atoms with Crippen LogP contribution in [0.1, 0.15) is 27.3 Å². The second-order valence-electron chi connectivity index (χ2n) is 6.27. The standard InChI is InChI=1S/C17H18F2N4O2S/c1-22-4-3-13(8-22)23(2)16(25)14-9-26-17(20-14)21-15(24)10-5-11(18)7-12(19)6-10/h5-7,9,13H,3-4,8H2,1-2H3,(H,20,21,24). The molecule has 1 saturated heterocycles. The number of likely N-dealkylation sites (N-methyl/N-ethyl adjacent to an activating group) is 2. The van der Waals surface area contributed by atoms with Crippen molar-refractivity contribution in [2.24, 2.45) is 0 Å². The van der Waals surface area contributed by atoms with E-state index < -0.39 is 17.5 Å². The van der Waals surface area contributed by atoms with Crippen LogP contribution >= 0.6 is 11.3 Å². The summed E-state index contributed by atoms with van der Waals surface area (Å²) >= 11 is 1.08. The van der Waals surface area contributed by atoms with Gasteiger partial charge in [-0.25, -0.2) is 13.8 Å². The van der Waals surface area contributed by atoms with Crippen molar-refractivity contribution >= 4 is 28.3 Å². The third-order valence-corrected chi connectivity index (χ3v) is 5.06. The van der Waals surface area contributed by atoms with E-state index in [9.17, 15) is 18.4 Å². The molecule has 0 aliphatic carbocycles. The van der Waals surface area contributed by atoms with Gasteiger partial charge in [0.2, 0.25) is 0 Å². The number of nitrogens with one attached hydrogen (secondary N) is 1. The molecule has 9 heteroatoms. The molecule has 2 amide bonds. The molecular weight excluding hydrogens is 362 g/mol. The molecule has 0 radical (unpaired) electrons. The molecule has 0 spiro atoms. The number of carbonyl (C=O) groups is 2. The Kier molecular flexibility index (Phi) is 5.28. The average molecular weight is 380 g/mol. The second kappa shape index (κ2) is 7.46. The summed E-state index contributed by atoms with van der Waals surface area (Å²) in [6.45, 7) is 1.74. The van der Waals surface area contributed by atoms with Crippen molar-refractivity contribution < 1.29 is 18.4 Å². The van der Waals surface area contributed by atoms with Gasteiger partial charge in [0.05, 0.1) is 0 Å². The first-order chi connectivity index (χ1) is 12.3. The van der Waals surface area contributed by atoms with Gasteiger partial charge in [0.1, 0.15) is 17.3 Å². The van der Waals surface area contributed by atoms with Gasteiger partial charge in [-0.15, -0.1) is 11.3 Å². The Morgan fingerprint density at radius 3 is 2.62 bits per heavy atom. The quantitative estimate of drug-likeness (QED) is 0.885. The Balaban J connectivity index is 1.67. The van der Waals surface area contributed by atoms with Gasteiger partial charge in [-0.2, -0.15) is 0 Å². The van der Waals surface area contributed by atoms with Crippen LogP contribution in [0, 0.1) is 11.6 Å². The van der Waals surface area contributed by atoms with Crippen LogP contribution in [0.3, 0.4) is 0 Å². The van der Waals surface area contributed by atoms with Crippen molar-refractivity contribution in [1.29, 1.82) is 0 Å². The number of amides is 2. The number of benzene rings is 1. The van der Waals surface area contributed by atoms with E-state index >= 15 is 0 Å². The molecule has 6 nitrogen and oxygen atoms in total. The summed E-state index contributed by atoms with van der Waals surface area (Å²) < 4.78 is 26.4. The van der Waals surface area contributed by atoms with Crippen molar-refractivity contribution in [3.05, 3.63) is 46.5 Å². The molecule has 2 aromatic rings. The van der Waals surface area contributed by atoms with E-state index in [0.717, 1.165) is 43.0 Å². The summed E-state index contributed by atoms with van der Waals surface area (Å²) in [7, 11) is 3.74. The number of halogens is 2. The minimum absolute atomic E-state index is 0.127. The van der Waals surface area contributed by atoms with Gasteiger partial charge in [-0.1, -0.05) is 0 Å². The number of anilines is 1. The fourth-order valence-electron chi connectivity index (χ4n) is 2.86. The lowest BCUT2D eigenvalue weighted by molar-refractivity contribution is 0.0732. The van der Waals surface area contributed by atoms with Gasteiger partial charge >= 0.3 is 0 Å². The molecule has 138 valence electrons. The number of aromatic nitrogens is 1. The Labute approximate surface area is 153 Å². The Bertz CT molecular complexity index is 822. The maximum atomic E-state index is 13.2. The molecule has 1 aromatic heterocycles. The van der Waals surface area contributed by atoms with Crippen LogP contribution in [0.5, 0.6) is 0 Å². The molecule has 1 N–H and O–H groups in total. The van der Waals surface area contributed by atoms with Crippen LogP contribution in [0.4, 0.5) is 13.9 Å². The highest BCUT2D eigenvalue weighted by atomic mass is 32.1. The lowest BCUT2D eigenvalue weighted by atomic mass is 10.2. The summed E-state index contributed by atoms with van der Waals surface area (Å²) in [5.41, 5.74) is 0.0736. The molecule has 1 atom stereocenters. The van der Waals surface area contributed by atoms with Gasteiger partial charge in [0.25, 0.3) is 11.8 Å². The van der Waals surface area contributed by atoms with Gasteiger partial charge in [-0.05, 0) is 32.1 Å². The van der Waals surface area contributed by atoms with Crippen LogP contribution in [-0.2, 0) is 0 Å². The highest BCUT2D eigenvalue weighted by molar-refractivity contribution is 7.14. The molecule has 0 bridgehead atoms. The highest BCUT2D eigenvalue weighted by Crippen LogP contribution is 2.20. The Morgan fingerprint density at radius 2 is 2.00 bits per heavy atom. The molecule has 2 heterocycles. The highest BCUT2D eigenvalue weighted by Gasteiger charge is 2.28. The number of rotatable bonds is 4. The van der Waals surface area contributed by atoms with E-state index in [1.54, 1.807) is 17.3 Å². The monoisotopic (exact) mass is 380 g/mol. The molecule has 1 fully saturated rings. The van der Waals surface area contributed by atoms with E-state index in [0.29, 0.717) is 6.07 Å². The maximum absolute atomic E-state index is 13.2. The molecule has 1 aliphatic heterocycles. The van der Waals surface area contributed by atoms with Crippen LogP contribution in [-0.4, -0.2) is 59.8 Å². The molecular formula is C17H18F2N4O2S. The molecule has 0 saturated carbocycles. The number of hydrogen-bond donors (Lipinski definition) is 1. The van der Waals surface area contributed by atoms with Crippen molar-refractivity contribution in [3.63, 3.8) is 0 Å². The number of carbonyl (C=O) groups excluding carboxylic acids is 2. The van der Waals surface area contributed by atoms with Gasteiger partial charge in [0, 0.05) is 36.6 Å². The predicted molar refractivity (Wildman–Crippen MR) is 94.4 cm³/mol. The lowest BCUT2D eigenvalue weighted by Crippen LogP contribution is -2.38. The van der Waals surface area contributed by atoms with Crippen LogP contribution in [0.25, 0.3) is 0 Å². The van der Waals surface area contributed by atoms with Crippen LogP contribution < -0.4 is 5.32 Å². The van der Waals surface area contributed by atoms with Crippen LogP contribution in [0.15, 0.2) is 23.6 Å². The van der Waals surface area contributed by atoms with E-state index in [-0.39, 0.29) is 28.3 Å². The molecule has 1 aromatic carbocycles. The van der Waals surface area contributed by atoms with Crippen molar-refractivity contribution in [2.45, 2.75) is 12.5 Å². The number of likely N-dealkylation sites (tertiary alicyclic amines) is 1. The third-order valence-electron chi connectivity index (χ3n) is 4.30. The first-order valence-electron chi connectivity index (χ1n) is 8.02. The van der Waals surface area contributed by atoms with Gasteiger partial charge < -0.3 is 9.80 Å². The third kappa shape index (κ3) is 4.05. The first-order valence-corrected chi connectivity index (χ1v) is 8.90. The van der Waals surface area contributed by atoms with E-state index in [1.165, 1.54) is 0 Å². The summed E-state index contributed by atoms with van der Waals surface area (Å²) in [6.07, 6.45) is 0.900. The second-order valence-corrected chi connectivity index (χ2v) is 7.13. The van der Waals surface area contributed by atoms with Gasteiger partial charge in [0.15, 0.2) is 5.13 Å². The molecule has 3 rings (SSSR count). The normalized spacial score (nSPS) is 17.3. The minimum atomic E-state index is -0.840. The van der Waals surface area contributed by atoms with Gasteiger partial charge in [-0.3, -0.25) is 14.9 Å². The average Bonchev–Trinajstić information content (AvgIpc) is 3.21. The Hall–Kier alpha value is -2.39. The maximum Gasteiger partial charge on any atom is 0.273 e. The van der Waals surface area contributed by atoms with Crippen molar-refractivity contribution in [2.75, 3.05) is 32.5 Å². The zero-order valence-corrected chi connectivity index (χ0v) is 15.1. The van der Waals surface area contributed by atoms with Crippen LogP contribution in [0.2, 0.25) is 0 Å². The fraction of sp³-hybridized carbons (Fsp3) is 0.353. The van der Waals surface area contributed by atoms with E-state index in [1.807, 2.05) is 7.05 Å². The zero-order chi connectivity index (χ0) is 18.8. The number of hydrogen-bond acceptors (Lipinski definition) is 5. The molecule has 26 heavy (non-hydrogen) atoms. The first kappa shape index (κ1) is 18.4. The van der Waals surface area contributed by atoms with Crippen molar-refractivity contribution in [1.82, 2.24) is 14.8 Å². The SMILES string of the molecule is CN1CCC(N(C)C(=O)c2csc(NC(=O)c3cc(F)cc(F)c3)n2)C1. The van der Waals surface area contributed by atoms with E-state index in [4.69, 9.17) is 0 Å². The predicted octanol–water partition coefficient (Wildman–Crippen LogP) is 2.45. The Morgan fingerprint density at radius 1 is 1.31 bits per heavy atom. The summed E-state index contributed by atoms with van der Waals surface area (Å²) in [5, 5.41) is 4.21.